The lowest BCUT2D eigenvalue weighted by molar-refractivity contribution is -0.204. The molecule has 17 heavy (non-hydrogen) atoms. The minimum absolute atomic E-state index is 0.00298. The molecule has 0 aromatic heterocycles. The van der Waals surface area contributed by atoms with Gasteiger partial charge in [0.1, 0.15) is 0 Å². The Labute approximate surface area is 103 Å². The van der Waals surface area contributed by atoms with Crippen LogP contribution < -0.4 is 5.59 Å². The van der Waals surface area contributed by atoms with E-state index in [2.05, 4.69) is 5.59 Å². The van der Waals surface area contributed by atoms with Crippen molar-refractivity contribution < 1.29 is 9.94 Å². The van der Waals surface area contributed by atoms with Gasteiger partial charge in [-0.2, -0.15) is 0 Å². The second-order valence-corrected chi connectivity index (χ2v) is 5.61. The number of hydrogen-bond donors (Lipinski definition) is 2. The highest BCUT2D eigenvalue weighted by atomic mass is 16.8. The Bertz CT molecular complexity index is 224. The van der Waals surface area contributed by atoms with Gasteiger partial charge in [0.05, 0.1) is 12.2 Å². The average Bonchev–Trinajstić information content (AvgIpc) is 2.25. The SMILES string of the molecule is CN(N([O-])NOC1CCC(O)CC1)C(C)(C)C. The van der Waals surface area contributed by atoms with Gasteiger partial charge in [0.2, 0.25) is 0 Å². The van der Waals surface area contributed by atoms with Gasteiger partial charge in [-0.25, -0.2) is 10.3 Å². The van der Waals surface area contributed by atoms with Gasteiger partial charge in [-0.3, -0.25) is 4.84 Å². The van der Waals surface area contributed by atoms with Crippen LogP contribution in [0.15, 0.2) is 0 Å². The van der Waals surface area contributed by atoms with Crippen molar-refractivity contribution in [3.8, 4) is 0 Å². The van der Waals surface area contributed by atoms with Crippen molar-refractivity contribution in [2.75, 3.05) is 7.05 Å². The van der Waals surface area contributed by atoms with Gasteiger partial charge < -0.3 is 10.3 Å². The van der Waals surface area contributed by atoms with Crippen LogP contribution in [-0.2, 0) is 4.84 Å². The molecule has 0 heterocycles. The molecule has 0 atom stereocenters. The minimum atomic E-state index is -0.263. The third-order valence-corrected chi connectivity index (χ3v) is 3.18. The Kier molecular flexibility index (Phi) is 5.30. The van der Waals surface area contributed by atoms with Crippen LogP contribution in [0.1, 0.15) is 46.5 Å². The second-order valence-electron chi connectivity index (χ2n) is 5.61. The van der Waals surface area contributed by atoms with Crippen molar-refractivity contribution in [2.24, 2.45) is 0 Å². The van der Waals surface area contributed by atoms with Crippen LogP contribution in [-0.4, -0.2) is 40.2 Å². The molecular weight excluding hydrogens is 222 g/mol. The summed E-state index contributed by atoms with van der Waals surface area (Å²) in [7, 11) is 1.70. The molecule has 0 aromatic carbocycles. The zero-order valence-corrected chi connectivity index (χ0v) is 11.1. The van der Waals surface area contributed by atoms with Crippen molar-refractivity contribution in [2.45, 2.75) is 64.2 Å². The van der Waals surface area contributed by atoms with E-state index in [1.54, 1.807) is 7.05 Å². The first-order valence-corrected chi connectivity index (χ1v) is 6.11. The molecule has 0 radical (unpaired) electrons. The molecule has 1 saturated carbocycles. The first kappa shape index (κ1) is 14.8. The van der Waals surface area contributed by atoms with E-state index in [-0.39, 0.29) is 17.7 Å². The van der Waals surface area contributed by atoms with Gasteiger partial charge in [0.25, 0.3) is 0 Å². The number of nitrogens with one attached hydrogen (secondary N) is 1. The molecule has 0 saturated heterocycles. The summed E-state index contributed by atoms with van der Waals surface area (Å²) in [5, 5.41) is 23.1. The monoisotopic (exact) mass is 246 g/mol. The van der Waals surface area contributed by atoms with Crippen LogP contribution in [0.4, 0.5) is 0 Å². The normalized spacial score (nSPS) is 26.8. The van der Waals surface area contributed by atoms with E-state index in [0.29, 0.717) is 5.28 Å². The fraction of sp³-hybridized carbons (Fsp3) is 1.00. The maximum atomic E-state index is 11.7. The molecule has 102 valence electrons. The lowest BCUT2D eigenvalue weighted by Crippen LogP contribution is -2.54. The lowest BCUT2D eigenvalue weighted by Gasteiger charge is -2.45. The number of aliphatic hydroxyl groups is 1. The number of hydrazine groups is 2. The predicted molar refractivity (Wildman–Crippen MR) is 65.2 cm³/mol. The van der Waals surface area contributed by atoms with E-state index in [4.69, 9.17) is 4.84 Å². The van der Waals surface area contributed by atoms with E-state index < -0.39 is 0 Å². The molecule has 1 rings (SSSR count). The highest BCUT2D eigenvalue weighted by molar-refractivity contribution is 4.72. The maximum Gasteiger partial charge on any atom is 0.0809 e. The first-order valence-electron chi connectivity index (χ1n) is 6.11. The summed E-state index contributed by atoms with van der Waals surface area (Å²) in [6, 6.07) is 0. The van der Waals surface area contributed by atoms with E-state index in [0.717, 1.165) is 25.7 Å². The van der Waals surface area contributed by atoms with Crippen molar-refractivity contribution in [1.29, 1.82) is 0 Å². The number of aliphatic hydroxyl groups excluding tert-OH is 1. The number of rotatable bonds is 4. The van der Waals surface area contributed by atoms with Gasteiger partial charge >= 0.3 is 0 Å². The topological polar surface area (TPSA) is 71.0 Å². The second kappa shape index (κ2) is 6.08. The van der Waals surface area contributed by atoms with Crippen LogP contribution >= 0.6 is 0 Å². The van der Waals surface area contributed by atoms with Crippen molar-refractivity contribution >= 4 is 0 Å². The maximum absolute atomic E-state index is 11.7. The third kappa shape index (κ3) is 4.87. The van der Waals surface area contributed by atoms with Gasteiger partial charge in [0.15, 0.2) is 0 Å². The molecule has 0 bridgehead atoms. The Morgan fingerprint density at radius 1 is 1.24 bits per heavy atom. The molecule has 0 spiro atoms. The molecule has 1 aliphatic rings. The van der Waals surface area contributed by atoms with E-state index in [1.807, 2.05) is 20.8 Å². The highest BCUT2D eigenvalue weighted by Gasteiger charge is 2.22. The molecule has 6 nitrogen and oxygen atoms in total. The third-order valence-electron chi connectivity index (χ3n) is 3.18. The quantitative estimate of drug-likeness (QED) is 0.726. The molecule has 0 aliphatic heterocycles. The largest absolute Gasteiger partial charge is 0.756 e. The standard InChI is InChI=1S/C11H24N3O3/c1-11(2,3)13(4)14(16)12-17-10-7-5-9(15)6-8-10/h9-10,12,15H,5-8H2,1-4H3/q-1. The summed E-state index contributed by atoms with van der Waals surface area (Å²) in [6.45, 7) is 5.82. The van der Waals surface area contributed by atoms with Crippen molar-refractivity contribution in [3.63, 3.8) is 0 Å². The molecule has 2 N–H and O–H groups in total. The fourth-order valence-electron chi connectivity index (χ4n) is 1.62. The predicted octanol–water partition coefficient (Wildman–Crippen LogP) is 1.17. The Balaban J connectivity index is 2.26. The Morgan fingerprint density at radius 2 is 1.76 bits per heavy atom. The zero-order chi connectivity index (χ0) is 13.1. The molecule has 0 aromatic rings. The van der Waals surface area contributed by atoms with E-state index in [1.165, 1.54) is 5.01 Å². The summed E-state index contributed by atoms with van der Waals surface area (Å²) < 4.78 is 0. The van der Waals surface area contributed by atoms with Crippen molar-refractivity contribution in [3.05, 3.63) is 5.21 Å². The molecule has 0 unspecified atom stereocenters. The number of hydrogen-bond acceptors (Lipinski definition) is 6. The van der Waals surface area contributed by atoms with Crippen LogP contribution in [0.5, 0.6) is 0 Å². The summed E-state index contributed by atoms with van der Waals surface area (Å²) in [4.78, 5) is 5.32. The van der Waals surface area contributed by atoms with Crippen LogP contribution in [0.25, 0.3) is 0 Å². The first-order chi connectivity index (χ1) is 7.80. The Morgan fingerprint density at radius 3 is 2.24 bits per heavy atom. The molecule has 1 aliphatic carbocycles. The molecule has 1 fully saturated rings. The average molecular weight is 246 g/mol. The smallest absolute Gasteiger partial charge is 0.0809 e. The van der Waals surface area contributed by atoms with Crippen LogP contribution in [0.2, 0.25) is 0 Å². The molecule has 6 heteroatoms. The van der Waals surface area contributed by atoms with Gasteiger partial charge in [-0.15, -0.1) is 5.59 Å². The van der Waals surface area contributed by atoms with Gasteiger partial charge in [-0.05, 0) is 46.5 Å². The lowest BCUT2D eigenvalue weighted by atomic mass is 9.95. The minimum Gasteiger partial charge on any atom is -0.756 e. The Hall–Kier alpha value is -0.240. The van der Waals surface area contributed by atoms with E-state index in [9.17, 15) is 10.3 Å². The summed E-state index contributed by atoms with van der Waals surface area (Å²) >= 11 is 0. The molecular formula is C11H24N3O3-. The number of nitrogens with zero attached hydrogens (tertiary/aromatic N) is 2. The van der Waals surface area contributed by atoms with Crippen molar-refractivity contribution in [1.82, 2.24) is 15.9 Å². The molecule has 0 amide bonds. The van der Waals surface area contributed by atoms with Crippen LogP contribution in [0, 0.1) is 5.21 Å². The van der Waals surface area contributed by atoms with Crippen LogP contribution in [0.3, 0.4) is 0 Å². The zero-order valence-electron chi connectivity index (χ0n) is 11.1. The summed E-state index contributed by atoms with van der Waals surface area (Å²) in [5.74, 6) is 0. The van der Waals surface area contributed by atoms with Gasteiger partial charge in [0, 0.05) is 12.6 Å². The van der Waals surface area contributed by atoms with E-state index >= 15 is 0 Å². The summed E-state index contributed by atoms with van der Waals surface area (Å²) in [6.07, 6.45) is 2.82. The highest BCUT2D eigenvalue weighted by Crippen LogP contribution is 2.20. The summed E-state index contributed by atoms with van der Waals surface area (Å²) in [5.41, 5.74) is 2.13. The fourth-order valence-corrected chi connectivity index (χ4v) is 1.62. The van der Waals surface area contributed by atoms with Gasteiger partial charge in [-0.1, -0.05) is 0 Å².